The van der Waals surface area contributed by atoms with Crippen LogP contribution in [0.4, 0.5) is 11.4 Å². The summed E-state index contributed by atoms with van der Waals surface area (Å²) in [5.41, 5.74) is 5.63. The zero-order valence-electron chi connectivity index (χ0n) is 37.4. The molecule has 0 radical (unpaired) electrons. The summed E-state index contributed by atoms with van der Waals surface area (Å²) >= 11 is 0. The third kappa shape index (κ3) is 10.9. The second kappa shape index (κ2) is 19.7. The molecule has 3 aromatic carbocycles. The van der Waals surface area contributed by atoms with E-state index in [9.17, 15) is 40.3 Å². The lowest BCUT2D eigenvalue weighted by molar-refractivity contribution is -0.438. The highest BCUT2D eigenvalue weighted by Crippen LogP contribution is 2.48. The number of anilines is 1. The number of rotatable bonds is 19. The predicted molar refractivity (Wildman–Crippen MR) is 244 cm³/mol. The number of carbonyl (C=O) groups is 3. The van der Waals surface area contributed by atoms with Crippen LogP contribution in [0.2, 0.25) is 0 Å². The van der Waals surface area contributed by atoms with Crippen molar-refractivity contribution in [3.8, 4) is 0 Å². The maximum Gasteiger partial charge on any atom is 0.339 e. The number of hydrogen-bond acceptors (Lipinski definition) is 9. The molecule has 2 aliphatic heterocycles. The quantitative estimate of drug-likeness (QED) is 0.0346. The van der Waals surface area contributed by atoms with Crippen molar-refractivity contribution >= 4 is 55.0 Å². The number of esters is 1. The Morgan fingerprint density at radius 2 is 1.46 bits per heavy atom. The molecule has 63 heavy (non-hydrogen) atoms. The van der Waals surface area contributed by atoms with E-state index in [1.54, 1.807) is 38.1 Å². The van der Waals surface area contributed by atoms with Gasteiger partial charge >= 0.3 is 5.97 Å². The minimum absolute atomic E-state index is 0.151. The van der Waals surface area contributed by atoms with Crippen molar-refractivity contribution < 1.29 is 49.6 Å². The summed E-state index contributed by atoms with van der Waals surface area (Å²) in [4.78, 5) is 41.0. The molecular formula is C48H60N3O10S2+. The summed E-state index contributed by atoms with van der Waals surface area (Å²) in [7, 11) is -8.85. The Hall–Kier alpha value is -5.22. The summed E-state index contributed by atoms with van der Waals surface area (Å²) < 4.78 is 75.3. The Bertz CT molecular complexity index is 2600. The van der Waals surface area contributed by atoms with E-state index >= 15 is 0 Å². The van der Waals surface area contributed by atoms with Gasteiger partial charge in [-0.15, -0.1) is 0 Å². The van der Waals surface area contributed by atoms with Crippen LogP contribution in [0.15, 0.2) is 100 Å². The molecule has 0 fully saturated rings. The number of aryl methyl sites for hydroxylation is 2. The molecule has 0 bridgehead atoms. The maximum atomic E-state index is 13.2. The van der Waals surface area contributed by atoms with E-state index < -0.39 is 49.7 Å². The number of nitrogens with zero attached hydrogens (tertiary/aromatic N) is 2. The number of hydrogen-bond donors (Lipinski definition) is 3. The molecule has 338 valence electrons. The van der Waals surface area contributed by atoms with Crippen LogP contribution in [0.1, 0.15) is 113 Å². The molecule has 15 heteroatoms. The first-order valence-corrected chi connectivity index (χ1v) is 24.2. The Morgan fingerprint density at radius 3 is 2.08 bits per heavy atom. The highest BCUT2D eigenvalue weighted by Gasteiger charge is 2.45. The maximum absolute atomic E-state index is 13.2. The fourth-order valence-electron chi connectivity index (χ4n) is 8.56. The van der Waals surface area contributed by atoms with E-state index in [1.807, 2.05) is 78.0 Å². The van der Waals surface area contributed by atoms with Gasteiger partial charge in [-0.3, -0.25) is 18.7 Å². The van der Waals surface area contributed by atoms with E-state index in [-0.39, 0.29) is 27.9 Å². The number of allylic oxidation sites excluding steroid dienone is 6. The Kier molecular flexibility index (Phi) is 15.2. The molecule has 5 rings (SSSR count). The zero-order chi connectivity index (χ0) is 46.5. The number of fused-ring (bicyclic) bond motifs is 2. The van der Waals surface area contributed by atoms with Crippen LogP contribution in [0.25, 0.3) is 0 Å². The second-order valence-electron chi connectivity index (χ2n) is 17.2. The highest BCUT2D eigenvalue weighted by atomic mass is 32.2. The van der Waals surface area contributed by atoms with Gasteiger partial charge in [-0.25, -0.2) is 4.79 Å². The van der Waals surface area contributed by atoms with E-state index in [4.69, 9.17) is 4.74 Å². The summed E-state index contributed by atoms with van der Waals surface area (Å²) in [6.45, 7) is 16.2. The van der Waals surface area contributed by atoms with Crippen LogP contribution in [-0.4, -0.2) is 79.6 Å². The van der Waals surface area contributed by atoms with Crippen molar-refractivity contribution in [1.29, 1.82) is 0 Å². The normalized spacial score (nSPS) is 16.8. The van der Waals surface area contributed by atoms with E-state index in [0.29, 0.717) is 49.9 Å². The van der Waals surface area contributed by atoms with Crippen LogP contribution in [0.5, 0.6) is 0 Å². The lowest BCUT2D eigenvalue weighted by atomic mass is 9.81. The van der Waals surface area contributed by atoms with Gasteiger partial charge in [0.1, 0.15) is 6.54 Å². The average molecular weight is 903 g/mol. The van der Waals surface area contributed by atoms with Gasteiger partial charge in [-0.05, 0) is 101 Å². The van der Waals surface area contributed by atoms with Gasteiger partial charge < -0.3 is 15.0 Å². The molecule has 0 aliphatic carbocycles. The smallest absolute Gasteiger partial charge is 0.339 e. The first-order valence-electron chi connectivity index (χ1n) is 21.3. The average Bonchev–Trinajstić information content (AvgIpc) is 3.56. The molecule has 0 saturated carbocycles. The molecule has 2 heterocycles. The molecule has 0 spiro atoms. The number of unbranched alkanes of at least 4 members (excludes halogenated alkanes) is 2. The van der Waals surface area contributed by atoms with Gasteiger partial charge in [-0.1, -0.05) is 70.0 Å². The molecule has 1 amide bonds. The molecular weight excluding hydrogens is 843 g/mol. The van der Waals surface area contributed by atoms with Crippen LogP contribution in [0, 0.1) is 13.8 Å². The van der Waals surface area contributed by atoms with Crippen LogP contribution >= 0.6 is 0 Å². The third-order valence-electron chi connectivity index (χ3n) is 12.0. The Balaban J connectivity index is 1.30. The van der Waals surface area contributed by atoms with Gasteiger partial charge in [0.25, 0.3) is 20.2 Å². The number of Topliss-reactive ketones (excluding diaryl/α,β-unsaturated/α-hetero) is 1. The molecule has 0 saturated heterocycles. The van der Waals surface area contributed by atoms with Crippen LogP contribution in [-0.2, 0) is 45.4 Å². The molecule has 3 N–H and O–H groups in total. The SMILES string of the molecule is CCCC[C@H](NC(=O)CCCC[N+]1=C(/C=C/C=C/C=C2/N(CC)c3ccc(S(=O)(=O)O)cc3C2(C)C)C(C)(C)c2cc(S(=O)(=O)O)ccc21)C(=O)COC(=O)c1c(C)cccc1C. The molecule has 2 aliphatic rings. The lowest BCUT2D eigenvalue weighted by Gasteiger charge is -2.25. The van der Waals surface area contributed by atoms with E-state index in [1.165, 1.54) is 24.3 Å². The molecule has 13 nitrogen and oxygen atoms in total. The molecule has 0 aromatic heterocycles. The summed E-state index contributed by atoms with van der Waals surface area (Å²) in [5, 5.41) is 2.87. The number of benzene rings is 3. The standard InChI is InChI=1S/C48H59N3O10S2/c1-9-11-20-38(41(52)31-61-46(54)45-32(3)18-17-19-33(45)4)49-44(53)23-15-16-28-51-40-27-25-35(63(58,59)60)30-37(40)48(7,8)43(51)22-14-12-13-21-42-47(5,6)36-29-34(62(55,56)57)24-26-39(36)50(42)10-2/h12-14,17-19,21-22,24-27,29-30,38H,9-11,15-16,20,23,28,31H2,1-8H3,(H2-,49,53,55,56,57,58,59,60)/p+1/t38-/m0/s1. The van der Waals surface area contributed by atoms with Crippen molar-refractivity contribution in [1.82, 2.24) is 5.32 Å². The fourth-order valence-corrected chi connectivity index (χ4v) is 9.57. The topological polar surface area (TPSA) is 187 Å². The predicted octanol–water partition coefficient (Wildman–Crippen LogP) is 8.26. The minimum atomic E-state index is -4.47. The fraction of sp³-hybridized carbons (Fsp3) is 0.417. The van der Waals surface area contributed by atoms with E-state index in [0.717, 1.165) is 45.9 Å². The molecule has 3 aromatic rings. The van der Waals surface area contributed by atoms with Crippen molar-refractivity contribution in [3.63, 3.8) is 0 Å². The van der Waals surface area contributed by atoms with Crippen molar-refractivity contribution in [2.45, 2.75) is 121 Å². The van der Waals surface area contributed by atoms with Crippen LogP contribution < -0.4 is 10.2 Å². The highest BCUT2D eigenvalue weighted by molar-refractivity contribution is 7.86. The summed E-state index contributed by atoms with van der Waals surface area (Å²) in [6.07, 6.45) is 12.7. The summed E-state index contributed by atoms with van der Waals surface area (Å²) in [6, 6.07) is 13.8. The Morgan fingerprint density at radius 1 is 0.825 bits per heavy atom. The first-order chi connectivity index (χ1) is 29.5. The number of ether oxygens (including phenoxy) is 1. The third-order valence-corrected chi connectivity index (χ3v) is 13.7. The van der Waals surface area contributed by atoms with Gasteiger partial charge in [0.05, 0.1) is 26.8 Å². The number of nitrogens with one attached hydrogen (secondary N) is 1. The van der Waals surface area contributed by atoms with Crippen molar-refractivity contribution in [2.75, 3.05) is 24.6 Å². The van der Waals surface area contributed by atoms with Crippen molar-refractivity contribution in [2.24, 2.45) is 0 Å². The largest absolute Gasteiger partial charge is 0.454 e. The zero-order valence-corrected chi connectivity index (χ0v) is 39.0. The van der Waals surface area contributed by atoms with Crippen molar-refractivity contribution in [3.05, 3.63) is 118 Å². The number of amides is 1. The number of ketones is 1. The summed E-state index contributed by atoms with van der Waals surface area (Å²) in [5.74, 6) is -1.24. The van der Waals surface area contributed by atoms with Crippen LogP contribution in [0.3, 0.4) is 0 Å². The monoisotopic (exact) mass is 902 g/mol. The van der Waals surface area contributed by atoms with Gasteiger partial charge in [0, 0.05) is 53.9 Å². The van der Waals surface area contributed by atoms with Gasteiger partial charge in [0.2, 0.25) is 11.6 Å². The van der Waals surface area contributed by atoms with Gasteiger partial charge in [-0.2, -0.15) is 21.4 Å². The number of likely N-dealkylation sites (N-methyl/N-ethyl adjacent to an activating group) is 1. The minimum Gasteiger partial charge on any atom is -0.454 e. The Labute approximate surface area is 372 Å². The second-order valence-corrected chi connectivity index (χ2v) is 20.0. The van der Waals surface area contributed by atoms with E-state index in [2.05, 4.69) is 14.8 Å². The molecule has 0 unspecified atom stereocenters. The van der Waals surface area contributed by atoms with Gasteiger partial charge in [0.15, 0.2) is 18.1 Å². The number of carbonyl (C=O) groups excluding carboxylic acids is 3. The lowest BCUT2D eigenvalue weighted by Crippen LogP contribution is -2.42. The first kappa shape index (κ1) is 48.8. The molecule has 1 atom stereocenters.